The molecule has 0 spiro atoms. The average Bonchev–Trinajstić information content (AvgIpc) is 2.29. The maximum absolute atomic E-state index is 5.90. The first-order valence-electron chi connectivity index (χ1n) is 5.94. The molecule has 0 bridgehead atoms. The highest BCUT2D eigenvalue weighted by atomic mass is 35.5. The summed E-state index contributed by atoms with van der Waals surface area (Å²) in [5.74, 6) is 0.578. The van der Waals surface area contributed by atoms with E-state index in [1.807, 2.05) is 12.1 Å². The fourth-order valence-electron chi connectivity index (χ4n) is 2.15. The zero-order valence-corrected chi connectivity index (χ0v) is 11.3. The van der Waals surface area contributed by atoms with Gasteiger partial charge in [-0.15, -0.1) is 0 Å². The molecule has 88 valence electrons. The summed E-state index contributed by atoms with van der Waals surface area (Å²) in [7, 11) is 0. The summed E-state index contributed by atoms with van der Waals surface area (Å²) in [6.45, 7) is 6.63. The molecule has 0 N–H and O–H groups in total. The number of hydrogen-bond donors (Lipinski definition) is 0. The first kappa shape index (κ1) is 12.2. The molecule has 0 aromatic heterocycles. The van der Waals surface area contributed by atoms with E-state index in [1.54, 1.807) is 0 Å². The maximum atomic E-state index is 5.90. The molecule has 2 aromatic rings. The van der Waals surface area contributed by atoms with Crippen LogP contribution in [0.1, 0.15) is 30.9 Å². The fraction of sp³-hybridized carbons (Fsp3) is 0.250. The van der Waals surface area contributed by atoms with E-state index in [0.717, 1.165) is 5.02 Å². The van der Waals surface area contributed by atoms with Crippen LogP contribution in [-0.4, -0.2) is 0 Å². The summed E-state index contributed by atoms with van der Waals surface area (Å²) in [6, 6.07) is 14.7. The van der Waals surface area contributed by atoms with E-state index in [1.165, 1.54) is 22.3 Å². The smallest absolute Gasteiger partial charge is 0.0406 e. The molecule has 0 radical (unpaired) electrons. The van der Waals surface area contributed by atoms with E-state index < -0.39 is 0 Å². The van der Waals surface area contributed by atoms with Crippen molar-refractivity contribution in [2.24, 2.45) is 0 Å². The molecule has 0 saturated heterocycles. The van der Waals surface area contributed by atoms with Gasteiger partial charge in [-0.2, -0.15) is 0 Å². The standard InChI is InChI=1S/C16H17Cl/c1-11(2)16-9-6-14(10-12(16)3)13-4-7-15(17)8-5-13/h4-11H,1-3H3. The van der Waals surface area contributed by atoms with E-state index in [0.29, 0.717) is 5.92 Å². The van der Waals surface area contributed by atoms with E-state index in [-0.39, 0.29) is 0 Å². The molecule has 1 heteroatoms. The Balaban J connectivity index is 2.41. The molecule has 17 heavy (non-hydrogen) atoms. The van der Waals surface area contributed by atoms with E-state index in [9.17, 15) is 0 Å². The number of benzene rings is 2. The molecule has 0 nitrogen and oxygen atoms in total. The number of hydrogen-bond acceptors (Lipinski definition) is 0. The zero-order valence-electron chi connectivity index (χ0n) is 10.5. The van der Waals surface area contributed by atoms with Crippen LogP contribution in [0.3, 0.4) is 0 Å². The van der Waals surface area contributed by atoms with Crippen molar-refractivity contribution in [3.8, 4) is 11.1 Å². The Morgan fingerprint density at radius 2 is 1.47 bits per heavy atom. The summed E-state index contributed by atoms with van der Waals surface area (Å²) in [6.07, 6.45) is 0. The Labute approximate surface area is 108 Å². The van der Waals surface area contributed by atoms with Crippen LogP contribution < -0.4 is 0 Å². The van der Waals surface area contributed by atoms with Crippen molar-refractivity contribution in [2.75, 3.05) is 0 Å². The molecule has 0 saturated carbocycles. The van der Waals surface area contributed by atoms with Crippen LogP contribution in [0.25, 0.3) is 11.1 Å². The van der Waals surface area contributed by atoms with Crippen LogP contribution in [0.5, 0.6) is 0 Å². The summed E-state index contributed by atoms with van der Waals surface area (Å²) < 4.78 is 0. The molecule has 0 aliphatic heterocycles. The van der Waals surface area contributed by atoms with Crippen molar-refractivity contribution in [3.05, 3.63) is 58.6 Å². The first-order chi connectivity index (χ1) is 8.08. The highest BCUT2D eigenvalue weighted by Crippen LogP contribution is 2.26. The molecule has 0 aliphatic rings. The van der Waals surface area contributed by atoms with Gasteiger partial charge in [0.1, 0.15) is 0 Å². The van der Waals surface area contributed by atoms with Crippen molar-refractivity contribution < 1.29 is 0 Å². The largest absolute Gasteiger partial charge is 0.0843 e. The fourth-order valence-corrected chi connectivity index (χ4v) is 2.27. The average molecular weight is 245 g/mol. The Morgan fingerprint density at radius 3 is 2.00 bits per heavy atom. The third kappa shape index (κ3) is 2.70. The Morgan fingerprint density at radius 1 is 0.882 bits per heavy atom. The molecule has 2 rings (SSSR count). The summed E-state index contributed by atoms with van der Waals surface area (Å²) in [5, 5.41) is 0.782. The molecule has 0 aliphatic carbocycles. The van der Waals surface area contributed by atoms with Gasteiger partial charge < -0.3 is 0 Å². The van der Waals surface area contributed by atoms with Gasteiger partial charge in [0.2, 0.25) is 0 Å². The molecule has 0 atom stereocenters. The van der Waals surface area contributed by atoms with Gasteiger partial charge in [-0.3, -0.25) is 0 Å². The second kappa shape index (κ2) is 4.93. The monoisotopic (exact) mass is 244 g/mol. The Kier molecular flexibility index (Phi) is 3.54. The lowest BCUT2D eigenvalue weighted by Crippen LogP contribution is -1.92. The first-order valence-corrected chi connectivity index (χ1v) is 6.32. The van der Waals surface area contributed by atoms with Gasteiger partial charge in [-0.05, 0) is 47.2 Å². The van der Waals surface area contributed by atoms with Gasteiger partial charge in [0, 0.05) is 5.02 Å². The van der Waals surface area contributed by atoms with Crippen LogP contribution in [0.15, 0.2) is 42.5 Å². The lowest BCUT2D eigenvalue weighted by molar-refractivity contribution is 0.857. The molecule has 0 fully saturated rings. The normalized spacial score (nSPS) is 10.9. The lowest BCUT2D eigenvalue weighted by Gasteiger charge is -2.11. The van der Waals surface area contributed by atoms with Gasteiger partial charge in [-0.1, -0.05) is 55.8 Å². The van der Waals surface area contributed by atoms with Crippen LogP contribution in [0, 0.1) is 6.92 Å². The maximum Gasteiger partial charge on any atom is 0.0406 e. The number of halogens is 1. The van der Waals surface area contributed by atoms with Crippen LogP contribution >= 0.6 is 11.6 Å². The van der Waals surface area contributed by atoms with Gasteiger partial charge in [0.05, 0.1) is 0 Å². The van der Waals surface area contributed by atoms with Gasteiger partial charge in [0.25, 0.3) is 0 Å². The predicted molar refractivity (Wildman–Crippen MR) is 75.7 cm³/mol. The van der Waals surface area contributed by atoms with E-state index in [4.69, 9.17) is 11.6 Å². The van der Waals surface area contributed by atoms with Gasteiger partial charge in [0.15, 0.2) is 0 Å². The molecule has 2 aromatic carbocycles. The highest BCUT2D eigenvalue weighted by molar-refractivity contribution is 6.30. The van der Waals surface area contributed by atoms with Crippen molar-refractivity contribution in [1.29, 1.82) is 0 Å². The van der Waals surface area contributed by atoms with Crippen LogP contribution in [-0.2, 0) is 0 Å². The summed E-state index contributed by atoms with van der Waals surface area (Å²) >= 11 is 5.90. The lowest BCUT2D eigenvalue weighted by atomic mass is 9.94. The second-order valence-corrected chi connectivity index (χ2v) is 5.17. The minimum absolute atomic E-state index is 0.578. The quantitative estimate of drug-likeness (QED) is 0.660. The number of aryl methyl sites for hydroxylation is 1. The topological polar surface area (TPSA) is 0 Å². The molecular formula is C16H17Cl. The van der Waals surface area contributed by atoms with Crippen LogP contribution in [0.4, 0.5) is 0 Å². The minimum atomic E-state index is 0.578. The number of rotatable bonds is 2. The van der Waals surface area contributed by atoms with Crippen molar-refractivity contribution in [2.45, 2.75) is 26.7 Å². The molecule has 0 amide bonds. The van der Waals surface area contributed by atoms with Crippen molar-refractivity contribution >= 4 is 11.6 Å². The Hall–Kier alpha value is -1.27. The zero-order chi connectivity index (χ0) is 12.4. The van der Waals surface area contributed by atoms with E-state index >= 15 is 0 Å². The predicted octanol–water partition coefficient (Wildman–Crippen LogP) is 5.44. The Bertz CT molecular complexity index is 510. The van der Waals surface area contributed by atoms with Crippen LogP contribution in [0.2, 0.25) is 5.02 Å². The van der Waals surface area contributed by atoms with Crippen molar-refractivity contribution in [1.82, 2.24) is 0 Å². The van der Waals surface area contributed by atoms with E-state index in [2.05, 4.69) is 51.1 Å². The second-order valence-electron chi connectivity index (χ2n) is 4.73. The summed E-state index contributed by atoms with van der Waals surface area (Å²) in [4.78, 5) is 0. The summed E-state index contributed by atoms with van der Waals surface area (Å²) in [5.41, 5.74) is 5.24. The van der Waals surface area contributed by atoms with Gasteiger partial charge >= 0.3 is 0 Å². The molecule has 0 unspecified atom stereocenters. The molecular weight excluding hydrogens is 228 g/mol. The minimum Gasteiger partial charge on any atom is -0.0843 e. The third-order valence-corrected chi connectivity index (χ3v) is 3.32. The van der Waals surface area contributed by atoms with Gasteiger partial charge in [-0.25, -0.2) is 0 Å². The van der Waals surface area contributed by atoms with Crippen molar-refractivity contribution in [3.63, 3.8) is 0 Å². The third-order valence-electron chi connectivity index (χ3n) is 3.07. The SMILES string of the molecule is Cc1cc(-c2ccc(Cl)cc2)ccc1C(C)C. The molecule has 0 heterocycles. The highest BCUT2D eigenvalue weighted by Gasteiger charge is 2.05.